The number of likely N-dealkylation sites (N-methyl/N-ethyl adjacent to an activating group) is 1. The van der Waals surface area contributed by atoms with Crippen molar-refractivity contribution < 1.29 is 4.79 Å². The molecule has 1 aliphatic heterocycles. The van der Waals surface area contributed by atoms with E-state index in [1.807, 2.05) is 37.8 Å². The van der Waals surface area contributed by atoms with E-state index in [0.717, 1.165) is 47.4 Å². The molecule has 0 bridgehead atoms. The largest absolute Gasteiger partial charge is 0.368 e. The number of amides is 1. The van der Waals surface area contributed by atoms with Crippen molar-refractivity contribution in [2.24, 2.45) is 0 Å². The molecule has 4 heterocycles. The Morgan fingerprint density at radius 1 is 1.46 bits per heavy atom. The minimum Gasteiger partial charge on any atom is -0.368 e. The topological polar surface area (TPSA) is 65.1 Å². The van der Waals surface area contributed by atoms with Gasteiger partial charge in [-0.1, -0.05) is 12.6 Å². The van der Waals surface area contributed by atoms with E-state index in [1.54, 1.807) is 11.1 Å². The number of nitrogens with one attached hydrogen (secondary N) is 1. The molecule has 4 rings (SSSR count). The molecule has 6 heteroatoms. The molecule has 3 aromatic rings. The zero-order chi connectivity index (χ0) is 18.1. The average molecular weight is 347 g/mol. The third-order valence-electron chi connectivity index (χ3n) is 5.09. The molecule has 1 N–H and O–H groups in total. The van der Waals surface area contributed by atoms with Crippen LogP contribution in [-0.4, -0.2) is 51.9 Å². The molecule has 1 amide bonds. The van der Waals surface area contributed by atoms with Crippen molar-refractivity contribution in [3.05, 3.63) is 55.6 Å². The summed E-state index contributed by atoms with van der Waals surface area (Å²) in [6.07, 6.45) is 9.81. The van der Waals surface area contributed by atoms with Gasteiger partial charge >= 0.3 is 0 Å². The number of H-pyrrole nitrogens is 1. The molecular formula is C20H21N5O. The zero-order valence-electron chi connectivity index (χ0n) is 14.7. The summed E-state index contributed by atoms with van der Waals surface area (Å²) in [5.41, 5.74) is 4.09. The van der Waals surface area contributed by atoms with Crippen LogP contribution in [0.2, 0.25) is 0 Å². The molecule has 6 nitrogen and oxygen atoms in total. The van der Waals surface area contributed by atoms with E-state index in [9.17, 15) is 4.79 Å². The van der Waals surface area contributed by atoms with E-state index in [1.165, 1.54) is 6.08 Å². The molecule has 26 heavy (non-hydrogen) atoms. The molecule has 132 valence electrons. The second-order valence-electron chi connectivity index (χ2n) is 6.58. The fourth-order valence-electron chi connectivity index (χ4n) is 3.54. The summed E-state index contributed by atoms with van der Waals surface area (Å²) in [6, 6.07) is 6.34. The molecule has 1 fully saturated rings. The monoisotopic (exact) mass is 347 g/mol. The molecule has 3 aromatic heterocycles. The Morgan fingerprint density at radius 3 is 3.12 bits per heavy atom. The molecule has 0 aliphatic carbocycles. The summed E-state index contributed by atoms with van der Waals surface area (Å²) in [5, 5.41) is 1.08. The second kappa shape index (κ2) is 6.63. The van der Waals surface area contributed by atoms with E-state index in [4.69, 9.17) is 0 Å². The van der Waals surface area contributed by atoms with Crippen molar-refractivity contribution in [1.82, 2.24) is 19.9 Å². The third-order valence-corrected chi connectivity index (χ3v) is 5.09. The Hall–Kier alpha value is -3.15. The van der Waals surface area contributed by atoms with E-state index in [-0.39, 0.29) is 11.9 Å². The minimum absolute atomic E-state index is 0.0325. The third kappa shape index (κ3) is 2.83. The van der Waals surface area contributed by atoms with Crippen molar-refractivity contribution in [3.8, 4) is 11.1 Å². The molecule has 1 aliphatic rings. The van der Waals surface area contributed by atoms with Crippen LogP contribution in [0.4, 0.5) is 5.69 Å². The van der Waals surface area contributed by atoms with E-state index in [0.29, 0.717) is 0 Å². The molecule has 1 atom stereocenters. The highest BCUT2D eigenvalue weighted by molar-refractivity contribution is 5.95. The van der Waals surface area contributed by atoms with Crippen LogP contribution in [0.5, 0.6) is 0 Å². The molecule has 0 saturated carbocycles. The molecule has 0 spiro atoms. The van der Waals surface area contributed by atoms with Gasteiger partial charge in [0, 0.05) is 55.2 Å². The molecule has 0 aromatic carbocycles. The van der Waals surface area contributed by atoms with Crippen LogP contribution in [-0.2, 0) is 4.79 Å². The maximum Gasteiger partial charge on any atom is 0.246 e. The predicted octanol–water partition coefficient (Wildman–Crippen LogP) is 2.85. The predicted molar refractivity (Wildman–Crippen MR) is 103 cm³/mol. The summed E-state index contributed by atoms with van der Waals surface area (Å²) in [6.45, 7) is 5.28. The SMILES string of the molecule is C=CC(=O)N(C)[C@@H]1CCN(c2cnc3[nH]cc(-c4cccnc4)c3c2)C1. The lowest BCUT2D eigenvalue weighted by Crippen LogP contribution is -2.38. The Labute approximate surface area is 152 Å². The average Bonchev–Trinajstić information content (AvgIpc) is 3.34. The van der Waals surface area contributed by atoms with Crippen molar-refractivity contribution in [1.29, 1.82) is 0 Å². The van der Waals surface area contributed by atoms with Gasteiger partial charge in [-0.05, 0) is 24.6 Å². The van der Waals surface area contributed by atoms with Gasteiger partial charge in [-0.2, -0.15) is 0 Å². The Kier molecular flexibility index (Phi) is 4.16. The molecule has 0 radical (unpaired) electrons. The number of rotatable bonds is 4. The van der Waals surface area contributed by atoms with Crippen LogP contribution in [0.15, 0.2) is 55.6 Å². The lowest BCUT2D eigenvalue weighted by Gasteiger charge is -2.24. The van der Waals surface area contributed by atoms with Gasteiger partial charge in [0.05, 0.1) is 17.9 Å². The number of carbonyl (C=O) groups excluding carboxylic acids is 1. The maximum atomic E-state index is 11.9. The number of fused-ring (bicyclic) bond motifs is 1. The molecular weight excluding hydrogens is 326 g/mol. The standard InChI is InChI=1S/C20H21N5O/c1-3-19(26)24(2)15-6-8-25(13-15)16-9-17-18(12-23-20(17)22-11-16)14-5-4-7-21-10-14/h3-5,7,9-12,15H,1,6,8,13H2,2H3,(H,22,23)/t15-/m1/s1. The lowest BCUT2D eigenvalue weighted by atomic mass is 10.1. The molecule has 0 unspecified atom stereocenters. The van der Waals surface area contributed by atoms with E-state index in [2.05, 4.69) is 32.5 Å². The van der Waals surface area contributed by atoms with Crippen LogP contribution in [0, 0.1) is 0 Å². The number of carbonyl (C=O) groups is 1. The number of hydrogen-bond donors (Lipinski definition) is 1. The van der Waals surface area contributed by atoms with Gasteiger partial charge in [-0.15, -0.1) is 0 Å². The fourth-order valence-corrected chi connectivity index (χ4v) is 3.54. The summed E-state index contributed by atoms with van der Waals surface area (Å²) in [4.78, 5) is 27.9. The summed E-state index contributed by atoms with van der Waals surface area (Å²) >= 11 is 0. The van der Waals surface area contributed by atoms with Crippen molar-refractivity contribution in [2.45, 2.75) is 12.5 Å². The van der Waals surface area contributed by atoms with Gasteiger partial charge in [0.1, 0.15) is 5.65 Å². The first-order chi connectivity index (χ1) is 12.7. The van der Waals surface area contributed by atoms with Crippen LogP contribution in [0.1, 0.15) is 6.42 Å². The first-order valence-corrected chi connectivity index (χ1v) is 8.69. The quantitative estimate of drug-likeness (QED) is 0.737. The Balaban J connectivity index is 1.62. The normalized spacial score (nSPS) is 16.8. The number of aromatic amines is 1. The number of hydrogen-bond acceptors (Lipinski definition) is 4. The Bertz CT molecular complexity index is 949. The first kappa shape index (κ1) is 16.3. The van der Waals surface area contributed by atoms with E-state index < -0.39 is 0 Å². The van der Waals surface area contributed by atoms with Crippen molar-refractivity contribution in [3.63, 3.8) is 0 Å². The highest BCUT2D eigenvalue weighted by atomic mass is 16.2. The van der Waals surface area contributed by atoms with Crippen molar-refractivity contribution >= 4 is 22.6 Å². The van der Waals surface area contributed by atoms with E-state index >= 15 is 0 Å². The van der Waals surface area contributed by atoms with Gasteiger partial charge < -0.3 is 14.8 Å². The molecule has 1 saturated heterocycles. The number of anilines is 1. The summed E-state index contributed by atoms with van der Waals surface area (Å²) in [5.74, 6) is -0.0325. The highest BCUT2D eigenvalue weighted by Gasteiger charge is 2.28. The summed E-state index contributed by atoms with van der Waals surface area (Å²) < 4.78 is 0. The van der Waals surface area contributed by atoms with Gasteiger partial charge in [0.2, 0.25) is 5.91 Å². The van der Waals surface area contributed by atoms with Gasteiger partial charge in [0.15, 0.2) is 0 Å². The fraction of sp³-hybridized carbons (Fsp3) is 0.250. The Morgan fingerprint density at radius 2 is 2.35 bits per heavy atom. The maximum absolute atomic E-state index is 11.9. The second-order valence-corrected chi connectivity index (χ2v) is 6.58. The van der Waals surface area contributed by atoms with Crippen LogP contribution >= 0.6 is 0 Å². The van der Waals surface area contributed by atoms with Crippen LogP contribution in [0.3, 0.4) is 0 Å². The van der Waals surface area contributed by atoms with Crippen LogP contribution in [0.25, 0.3) is 22.2 Å². The minimum atomic E-state index is -0.0325. The van der Waals surface area contributed by atoms with Crippen molar-refractivity contribution in [2.75, 3.05) is 25.0 Å². The lowest BCUT2D eigenvalue weighted by molar-refractivity contribution is -0.126. The summed E-state index contributed by atoms with van der Waals surface area (Å²) in [7, 11) is 1.84. The smallest absolute Gasteiger partial charge is 0.246 e. The number of aromatic nitrogens is 3. The van der Waals surface area contributed by atoms with Gasteiger partial charge in [-0.3, -0.25) is 9.78 Å². The number of nitrogens with zero attached hydrogens (tertiary/aromatic N) is 4. The zero-order valence-corrected chi connectivity index (χ0v) is 14.7. The highest BCUT2D eigenvalue weighted by Crippen LogP contribution is 2.31. The van der Waals surface area contributed by atoms with Gasteiger partial charge in [0.25, 0.3) is 0 Å². The number of pyridine rings is 2. The van der Waals surface area contributed by atoms with Crippen LogP contribution < -0.4 is 4.90 Å². The first-order valence-electron chi connectivity index (χ1n) is 8.69. The van der Waals surface area contributed by atoms with Gasteiger partial charge in [-0.25, -0.2) is 4.98 Å².